The van der Waals surface area contributed by atoms with Crippen molar-refractivity contribution in [3.8, 4) is 0 Å². The maximum atomic E-state index is 10.4. The molecule has 2 nitrogen and oxygen atoms in total. The highest BCUT2D eigenvalue weighted by molar-refractivity contribution is 5.19. The van der Waals surface area contributed by atoms with E-state index in [0.717, 1.165) is 29.9 Å². The van der Waals surface area contributed by atoms with Crippen molar-refractivity contribution in [3.05, 3.63) is 35.9 Å². The van der Waals surface area contributed by atoms with Crippen molar-refractivity contribution in [2.75, 3.05) is 19.6 Å². The van der Waals surface area contributed by atoms with Crippen molar-refractivity contribution in [1.82, 2.24) is 4.90 Å². The van der Waals surface area contributed by atoms with Crippen LogP contribution in [0.2, 0.25) is 0 Å². The molecule has 3 aliphatic rings. The average molecular weight is 271 g/mol. The second-order valence-electron chi connectivity index (χ2n) is 7.32. The Morgan fingerprint density at radius 1 is 1.30 bits per heavy atom. The Kier molecular flexibility index (Phi) is 2.94. The zero-order valence-corrected chi connectivity index (χ0v) is 12.3. The molecule has 0 amide bonds. The zero-order valence-electron chi connectivity index (χ0n) is 12.3. The van der Waals surface area contributed by atoms with Gasteiger partial charge < -0.3 is 5.11 Å². The molecule has 2 saturated carbocycles. The first-order valence-electron chi connectivity index (χ1n) is 8.16. The van der Waals surface area contributed by atoms with Crippen LogP contribution < -0.4 is 0 Å². The summed E-state index contributed by atoms with van der Waals surface area (Å²) in [5, 5.41) is 10.4. The molecule has 1 N–H and O–H groups in total. The molecule has 2 heteroatoms. The highest BCUT2D eigenvalue weighted by atomic mass is 16.3. The van der Waals surface area contributed by atoms with Gasteiger partial charge in [-0.25, -0.2) is 0 Å². The topological polar surface area (TPSA) is 23.5 Å². The second-order valence-corrected chi connectivity index (χ2v) is 7.32. The number of aliphatic hydroxyl groups excluding tert-OH is 1. The number of hydrogen-bond donors (Lipinski definition) is 1. The Balaban J connectivity index is 1.45. The number of β-amino-alcohol motifs (C(OH)–C–C–N with tert-alkyl or cyclic N) is 1. The third kappa shape index (κ3) is 1.71. The van der Waals surface area contributed by atoms with Crippen LogP contribution in [0, 0.1) is 23.2 Å². The minimum atomic E-state index is -0.333. The summed E-state index contributed by atoms with van der Waals surface area (Å²) in [5.41, 5.74) is 1.69. The monoisotopic (exact) mass is 271 g/mol. The first kappa shape index (κ1) is 12.8. The molecule has 0 aromatic heterocycles. The number of benzene rings is 1. The molecular weight excluding hydrogens is 246 g/mol. The molecule has 0 radical (unpaired) electrons. The van der Waals surface area contributed by atoms with Crippen LogP contribution in [0.3, 0.4) is 0 Å². The molecule has 20 heavy (non-hydrogen) atoms. The van der Waals surface area contributed by atoms with Crippen molar-refractivity contribution in [2.24, 2.45) is 23.2 Å². The molecule has 1 aromatic carbocycles. The smallest absolute Gasteiger partial charge is 0.0916 e. The lowest BCUT2D eigenvalue weighted by Crippen LogP contribution is -2.51. The lowest BCUT2D eigenvalue weighted by molar-refractivity contribution is -0.0504. The lowest BCUT2D eigenvalue weighted by atomic mass is 9.50. The maximum absolute atomic E-state index is 10.4. The average Bonchev–Trinajstić information content (AvgIpc) is 3.00. The van der Waals surface area contributed by atoms with E-state index in [4.69, 9.17) is 0 Å². The van der Waals surface area contributed by atoms with Crippen LogP contribution in [0.15, 0.2) is 30.3 Å². The van der Waals surface area contributed by atoms with Gasteiger partial charge >= 0.3 is 0 Å². The van der Waals surface area contributed by atoms with E-state index in [1.165, 1.54) is 32.4 Å². The molecule has 2 aliphatic carbocycles. The summed E-state index contributed by atoms with van der Waals surface area (Å²) < 4.78 is 0. The van der Waals surface area contributed by atoms with Crippen LogP contribution in [0.4, 0.5) is 0 Å². The quantitative estimate of drug-likeness (QED) is 0.913. The van der Waals surface area contributed by atoms with Gasteiger partial charge in [0.25, 0.3) is 0 Å². The van der Waals surface area contributed by atoms with Crippen LogP contribution in [0.25, 0.3) is 0 Å². The largest absolute Gasteiger partial charge is 0.387 e. The van der Waals surface area contributed by atoms with Gasteiger partial charge in [0, 0.05) is 19.6 Å². The van der Waals surface area contributed by atoms with Gasteiger partial charge in [-0.05, 0) is 41.6 Å². The van der Waals surface area contributed by atoms with Crippen LogP contribution in [-0.2, 0) is 0 Å². The first-order valence-corrected chi connectivity index (χ1v) is 8.16. The number of nitrogens with zero attached hydrogens (tertiary/aromatic N) is 1. The summed E-state index contributed by atoms with van der Waals surface area (Å²) in [7, 11) is 0. The molecule has 5 atom stereocenters. The highest BCUT2D eigenvalue weighted by Gasteiger charge is 2.64. The second kappa shape index (κ2) is 4.57. The third-order valence-corrected chi connectivity index (χ3v) is 6.49. The van der Waals surface area contributed by atoms with E-state index in [2.05, 4.69) is 11.8 Å². The Morgan fingerprint density at radius 2 is 2.10 bits per heavy atom. The van der Waals surface area contributed by atoms with E-state index >= 15 is 0 Å². The van der Waals surface area contributed by atoms with Crippen LogP contribution >= 0.6 is 0 Å². The van der Waals surface area contributed by atoms with Gasteiger partial charge in [0.15, 0.2) is 0 Å². The van der Waals surface area contributed by atoms with Crippen molar-refractivity contribution in [1.29, 1.82) is 0 Å². The number of rotatable bonds is 3. The van der Waals surface area contributed by atoms with Gasteiger partial charge in [-0.2, -0.15) is 0 Å². The molecule has 5 unspecified atom stereocenters. The van der Waals surface area contributed by atoms with Gasteiger partial charge in [0.2, 0.25) is 0 Å². The third-order valence-electron chi connectivity index (χ3n) is 6.49. The summed E-state index contributed by atoms with van der Waals surface area (Å²) >= 11 is 0. The predicted molar refractivity (Wildman–Crippen MR) is 80.3 cm³/mol. The molecule has 1 aliphatic heterocycles. The molecule has 1 heterocycles. The number of hydrogen-bond acceptors (Lipinski definition) is 2. The van der Waals surface area contributed by atoms with Crippen LogP contribution in [0.1, 0.15) is 37.9 Å². The van der Waals surface area contributed by atoms with Gasteiger partial charge in [-0.3, -0.25) is 4.90 Å². The molecule has 1 spiro atoms. The lowest BCUT2D eigenvalue weighted by Gasteiger charge is -2.53. The van der Waals surface area contributed by atoms with E-state index in [1.54, 1.807) is 0 Å². The van der Waals surface area contributed by atoms with Gasteiger partial charge in [-0.15, -0.1) is 0 Å². The Bertz CT molecular complexity index is 487. The molecule has 1 saturated heterocycles. The summed E-state index contributed by atoms with van der Waals surface area (Å²) in [6, 6.07) is 10.1. The normalized spacial score (nSPS) is 41.0. The first-order chi connectivity index (χ1) is 9.71. The molecule has 0 bridgehead atoms. The maximum Gasteiger partial charge on any atom is 0.0916 e. The molecule has 108 valence electrons. The Labute approximate surface area is 121 Å². The Morgan fingerprint density at radius 3 is 2.90 bits per heavy atom. The van der Waals surface area contributed by atoms with Crippen molar-refractivity contribution >= 4 is 0 Å². The summed E-state index contributed by atoms with van der Waals surface area (Å²) in [6.07, 6.45) is 3.98. The molecule has 4 rings (SSSR count). The predicted octanol–water partition coefficient (Wildman–Crippen LogP) is 3.09. The van der Waals surface area contributed by atoms with E-state index in [1.807, 2.05) is 30.3 Å². The van der Waals surface area contributed by atoms with E-state index in [-0.39, 0.29) is 6.10 Å². The summed E-state index contributed by atoms with van der Waals surface area (Å²) in [4.78, 5) is 2.53. The SMILES string of the molecule is CC1C2CCCC23CN(CC(O)c2ccccc2)CC13. The minimum absolute atomic E-state index is 0.333. The van der Waals surface area contributed by atoms with Crippen molar-refractivity contribution in [3.63, 3.8) is 0 Å². The highest BCUT2D eigenvalue weighted by Crippen LogP contribution is 2.67. The van der Waals surface area contributed by atoms with E-state index < -0.39 is 0 Å². The standard InChI is InChI=1S/C18H25NO/c1-13-15-8-5-9-18(15)12-19(10-16(13)18)11-17(20)14-6-3-2-4-7-14/h2-4,6-7,13,15-17,20H,5,8-12H2,1H3. The van der Waals surface area contributed by atoms with Gasteiger partial charge in [0.05, 0.1) is 6.10 Å². The fourth-order valence-electron chi connectivity index (χ4n) is 5.64. The molecular formula is C18H25NO. The molecule has 1 aromatic rings. The minimum Gasteiger partial charge on any atom is -0.387 e. The Hall–Kier alpha value is -0.860. The number of aliphatic hydroxyl groups is 1. The molecule has 3 fully saturated rings. The van der Waals surface area contributed by atoms with Crippen LogP contribution in [0.5, 0.6) is 0 Å². The van der Waals surface area contributed by atoms with Gasteiger partial charge in [0.1, 0.15) is 0 Å². The fraction of sp³-hybridized carbons (Fsp3) is 0.667. The number of likely N-dealkylation sites (tertiary alicyclic amines) is 1. The zero-order chi connectivity index (χ0) is 13.7. The van der Waals surface area contributed by atoms with Crippen molar-refractivity contribution < 1.29 is 5.11 Å². The summed E-state index contributed by atoms with van der Waals surface area (Å²) in [5.74, 6) is 2.79. The fourth-order valence-corrected chi connectivity index (χ4v) is 5.64. The van der Waals surface area contributed by atoms with Crippen LogP contribution in [-0.4, -0.2) is 29.6 Å². The van der Waals surface area contributed by atoms with E-state index in [9.17, 15) is 5.11 Å². The van der Waals surface area contributed by atoms with Crippen molar-refractivity contribution in [2.45, 2.75) is 32.3 Å². The van der Waals surface area contributed by atoms with Gasteiger partial charge in [-0.1, -0.05) is 43.7 Å². The summed E-state index contributed by atoms with van der Waals surface area (Å²) in [6.45, 7) is 5.70. The van der Waals surface area contributed by atoms with E-state index in [0.29, 0.717) is 5.41 Å².